The highest BCUT2D eigenvalue weighted by atomic mass is 32.2. The van der Waals surface area contributed by atoms with Gasteiger partial charge >= 0.3 is 5.97 Å². The van der Waals surface area contributed by atoms with Crippen LogP contribution in [0.1, 0.15) is 12.0 Å². The SMILES string of the molecule is COc1ccccc1CC(=O)OCC(=O)N[C@@H]1CCS(=O)(=O)C1. The van der Waals surface area contributed by atoms with Gasteiger partial charge in [-0.2, -0.15) is 0 Å². The molecule has 7 nitrogen and oxygen atoms in total. The van der Waals surface area contributed by atoms with Crippen LogP contribution in [0.25, 0.3) is 0 Å². The number of benzene rings is 1. The van der Waals surface area contributed by atoms with E-state index < -0.39 is 34.4 Å². The Balaban J connectivity index is 1.77. The van der Waals surface area contributed by atoms with Crippen molar-refractivity contribution < 1.29 is 27.5 Å². The summed E-state index contributed by atoms with van der Waals surface area (Å²) in [4.78, 5) is 23.5. The molecule has 1 atom stereocenters. The van der Waals surface area contributed by atoms with Crippen molar-refractivity contribution in [2.24, 2.45) is 0 Å². The summed E-state index contributed by atoms with van der Waals surface area (Å²) in [6.45, 7) is -0.426. The number of para-hydroxylation sites is 1. The minimum Gasteiger partial charge on any atom is -0.496 e. The monoisotopic (exact) mass is 341 g/mol. The standard InChI is InChI=1S/C15H19NO6S/c1-21-13-5-3-2-4-11(13)8-15(18)22-9-14(17)16-12-6-7-23(19,20)10-12/h2-5,12H,6-10H2,1H3,(H,16,17)/t12-/m1/s1. The van der Waals surface area contributed by atoms with Crippen LogP contribution in [-0.4, -0.2) is 51.6 Å². The maximum absolute atomic E-state index is 11.8. The van der Waals surface area contributed by atoms with Crippen LogP contribution in [0.2, 0.25) is 0 Å². The summed E-state index contributed by atoms with van der Waals surface area (Å²) in [5, 5.41) is 2.56. The van der Waals surface area contributed by atoms with E-state index in [4.69, 9.17) is 9.47 Å². The van der Waals surface area contributed by atoms with E-state index >= 15 is 0 Å². The molecule has 1 N–H and O–H groups in total. The molecule has 1 aliphatic heterocycles. The first-order valence-electron chi connectivity index (χ1n) is 7.17. The van der Waals surface area contributed by atoms with Crippen molar-refractivity contribution >= 4 is 21.7 Å². The first-order valence-corrected chi connectivity index (χ1v) is 8.99. The predicted octanol–water partition coefficient (Wildman–Crippen LogP) is 0.0842. The molecular weight excluding hydrogens is 322 g/mol. The van der Waals surface area contributed by atoms with Gasteiger partial charge in [0.15, 0.2) is 16.4 Å². The fraction of sp³-hybridized carbons (Fsp3) is 0.467. The normalized spacial score (nSPS) is 19.1. The number of esters is 1. The van der Waals surface area contributed by atoms with Crippen molar-refractivity contribution in [1.29, 1.82) is 0 Å². The molecule has 0 unspecified atom stereocenters. The second kappa shape index (κ2) is 7.45. The van der Waals surface area contributed by atoms with Crippen LogP contribution in [0, 0.1) is 0 Å². The highest BCUT2D eigenvalue weighted by Gasteiger charge is 2.29. The lowest BCUT2D eigenvalue weighted by Gasteiger charge is -2.11. The lowest BCUT2D eigenvalue weighted by molar-refractivity contribution is -0.148. The maximum Gasteiger partial charge on any atom is 0.310 e. The number of hydrogen-bond donors (Lipinski definition) is 1. The molecule has 1 aromatic carbocycles. The van der Waals surface area contributed by atoms with E-state index in [1.807, 2.05) is 0 Å². The van der Waals surface area contributed by atoms with Crippen LogP contribution in [0.3, 0.4) is 0 Å². The van der Waals surface area contributed by atoms with Gasteiger partial charge in [0, 0.05) is 11.6 Å². The number of carbonyl (C=O) groups excluding carboxylic acids is 2. The third kappa shape index (κ3) is 5.24. The summed E-state index contributed by atoms with van der Waals surface area (Å²) in [6, 6.07) is 6.63. The second-order valence-electron chi connectivity index (χ2n) is 5.32. The lowest BCUT2D eigenvalue weighted by atomic mass is 10.1. The van der Waals surface area contributed by atoms with E-state index in [2.05, 4.69) is 5.32 Å². The van der Waals surface area contributed by atoms with Crippen LogP contribution in [0.15, 0.2) is 24.3 Å². The number of rotatable bonds is 6. The summed E-state index contributed by atoms with van der Waals surface area (Å²) >= 11 is 0. The first kappa shape index (κ1) is 17.3. The fourth-order valence-electron chi connectivity index (χ4n) is 2.38. The molecule has 0 saturated carbocycles. The van der Waals surface area contributed by atoms with Crippen molar-refractivity contribution in [2.75, 3.05) is 25.2 Å². The minimum absolute atomic E-state index is 0.00486. The Morgan fingerprint density at radius 3 is 2.70 bits per heavy atom. The largest absolute Gasteiger partial charge is 0.496 e. The number of nitrogens with one attached hydrogen (secondary N) is 1. The van der Waals surface area contributed by atoms with Gasteiger partial charge in [-0.25, -0.2) is 8.42 Å². The van der Waals surface area contributed by atoms with Gasteiger partial charge in [-0.15, -0.1) is 0 Å². The smallest absolute Gasteiger partial charge is 0.310 e. The average molecular weight is 341 g/mol. The van der Waals surface area contributed by atoms with E-state index in [0.29, 0.717) is 17.7 Å². The van der Waals surface area contributed by atoms with Gasteiger partial charge < -0.3 is 14.8 Å². The molecule has 0 aliphatic carbocycles. The Hall–Kier alpha value is -2.09. The molecule has 2 rings (SSSR count). The van der Waals surface area contributed by atoms with Gasteiger partial charge in [0.25, 0.3) is 5.91 Å². The van der Waals surface area contributed by atoms with E-state index in [9.17, 15) is 18.0 Å². The maximum atomic E-state index is 11.8. The molecule has 1 heterocycles. The van der Waals surface area contributed by atoms with Crippen LogP contribution < -0.4 is 10.1 Å². The predicted molar refractivity (Wildman–Crippen MR) is 82.9 cm³/mol. The Kier molecular flexibility index (Phi) is 5.59. The molecule has 1 amide bonds. The van der Waals surface area contributed by atoms with Crippen molar-refractivity contribution in [3.63, 3.8) is 0 Å². The molecule has 8 heteroatoms. The first-order chi connectivity index (χ1) is 10.9. The van der Waals surface area contributed by atoms with Crippen LogP contribution in [0.4, 0.5) is 0 Å². The number of methoxy groups -OCH3 is 1. The summed E-state index contributed by atoms with van der Waals surface area (Å²) in [5.74, 6) is -0.464. The quantitative estimate of drug-likeness (QED) is 0.736. The molecule has 1 saturated heterocycles. The van der Waals surface area contributed by atoms with Crippen molar-refractivity contribution in [1.82, 2.24) is 5.32 Å². The topological polar surface area (TPSA) is 98.8 Å². The molecule has 0 aromatic heterocycles. The zero-order chi connectivity index (χ0) is 16.9. The summed E-state index contributed by atoms with van der Waals surface area (Å²) in [6.07, 6.45) is 0.387. The van der Waals surface area contributed by atoms with E-state index in [-0.39, 0.29) is 17.9 Å². The third-order valence-electron chi connectivity index (χ3n) is 3.49. The van der Waals surface area contributed by atoms with E-state index in [1.54, 1.807) is 24.3 Å². The Bertz CT molecular complexity index is 685. The fourth-order valence-corrected chi connectivity index (χ4v) is 4.05. The summed E-state index contributed by atoms with van der Waals surface area (Å²) < 4.78 is 32.7. The second-order valence-corrected chi connectivity index (χ2v) is 7.55. The minimum atomic E-state index is -3.06. The van der Waals surface area contributed by atoms with Gasteiger partial charge in [0.1, 0.15) is 5.75 Å². The molecule has 0 radical (unpaired) electrons. The van der Waals surface area contributed by atoms with E-state index in [0.717, 1.165) is 0 Å². The van der Waals surface area contributed by atoms with Crippen LogP contribution >= 0.6 is 0 Å². The van der Waals surface area contributed by atoms with Gasteiger partial charge in [-0.3, -0.25) is 9.59 Å². The molecule has 0 spiro atoms. The van der Waals surface area contributed by atoms with Gasteiger partial charge in [0.05, 0.1) is 25.0 Å². The molecular formula is C15H19NO6S. The zero-order valence-electron chi connectivity index (χ0n) is 12.8. The molecule has 1 aromatic rings. The lowest BCUT2D eigenvalue weighted by Crippen LogP contribution is -2.38. The number of carbonyl (C=O) groups is 2. The van der Waals surface area contributed by atoms with Crippen molar-refractivity contribution in [2.45, 2.75) is 18.9 Å². The summed E-state index contributed by atoms with van der Waals surface area (Å²) in [7, 11) is -1.55. The average Bonchev–Trinajstić information content (AvgIpc) is 2.84. The number of hydrogen-bond acceptors (Lipinski definition) is 6. The summed E-state index contributed by atoms with van der Waals surface area (Å²) in [5.41, 5.74) is 0.669. The Morgan fingerprint density at radius 2 is 2.04 bits per heavy atom. The van der Waals surface area contributed by atoms with E-state index in [1.165, 1.54) is 7.11 Å². The highest BCUT2D eigenvalue weighted by molar-refractivity contribution is 7.91. The highest BCUT2D eigenvalue weighted by Crippen LogP contribution is 2.18. The third-order valence-corrected chi connectivity index (χ3v) is 5.26. The molecule has 126 valence electrons. The molecule has 23 heavy (non-hydrogen) atoms. The van der Waals surface area contributed by atoms with Crippen LogP contribution in [0.5, 0.6) is 5.75 Å². The van der Waals surface area contributed by atoms with Gasteiger partial charge in [0.2, 0.25) is 0 Å². The Morgan fingerprint density at radius 1 is 1.30 bits per heavy atom. The molecule has 1 fully saturated rings. The van der Waals surface area contributed by atoms with Crippen LogP contribution in [-0.2, 0) is 30.6 Å². The zero-order valence-corrected chi connectivity index (χ0v) is 13.6. The van der Waals surface area contributed by atoms with Crippen molar-refractivity contribution in [3.8, 4) is 5.75 Å². The number of amides is 1. The molecule has 0 bridgehead atoms. The van der Waals surface area contributed by atoms with Crippen molar-refractivity contribution in [3.05, 3.63) is 29.8 Å². The number of ether oxygens (including phenoxy) is 2. The number of sulfone groups is 1. The molecule has 1 aliphatic rings. The van der Waals surface area contributed by atoms with Gasteiger partial charge in [-0.1, -0.05) is 18.2 Å². The Labute approximate surface area is 134 Å². The van der Waals surface area contributed by atoms with Gasteiger partial charge in [-0.05, 0) is 12.5 Å².